The van der Waals surface area contributed by atoms with Crippen molar-refractivity contribution < 1.29 is 0 Å². The molecule has 0 amide bonds. The van der Waals surface area contributed by atoms with Crippen LogP contribution in [-0.2, 0) is 0 Å². The third-order valence-corrected chi connectivity index (χ3v) is 4.60. The molecule has 2 aliphatic heterocycles. The molecule has 0 aliphatic carbocycles. The van der Waals surface area contributed by atoms with Gasteiger partial charge in [-0.25, -0.2) is 0 Å². The van der Waals surface area contributed by atoms with E-state index in [1.165, 1.54) is 51.9 Å². The Labute approximate surface area is 107 Å². The summed E-state index contributed by atoms with van der Waals surface area (Å²) in [4.78, 5) is 2.70. The van der Waals surface area contributed by atoms with E-state index in [2.05, 4.69) is 31.0 Å². The maximum absolute atomic E-state index is 3.72. The van der Waals surface area contributed by atoms with Crippen LogP contribution in [0.4, 0.5) is 0 Å². The summed E-state index contributed by atoms with van der Waals surface area (Å²) in [6.45, 7) is 12.3. The van der Waals surface area contributed by atoms with Gasteiger partial charge in [0, 0.05) is 25.7 Å². The van der Waals surface area contributed by atoms with Gasteiger partial charge < -0.3 is 10.2 Å². The first kappa shape index (κ1) is 13.4. The van der Waals surface area contributed by atoms with Crippen molar-refractivity contribution in [3.8, 4) is 0 Å². The van der Waals surface area contributed by atoms with E-state index in [0.29, 0.717) is 0 Å². The average molecular weight is 238 g/mol. The summed E-state index contributed by atoms with van der Waals surface area (Å²) >= 11 is 0. The van der Waals surface area contributed by atoms with E-state index in [0.717, 1.165) is 23.8 Å². The summed E-state index contributed by atoms with van der Waals surface area (Å²) in [5.41, 5.74) is 0. The SMILES string of the molecule is CCC1CCNC(CN2CC(C)CC(C)C2)C1. The van der Waals surface area contributed by atoms with Crippen molar-refractivity contribution in [3.63, 3.8) is 0 Å². The number of nitrogens with zero attached hydrogens (tertiary/aromatic N) is 1. The third kappa shape index (κ3) is 3.96. The molecule has 100 valence electrons. The molecular weight excluding hydrogens is 208 g/mol. The van der Waals surface area contributed by atoms with Crippen LogP contribution >= 0.6 is 0 Å². The molecule has 0 aromatic rings. The van der Waals surface area contributed by atoms with Gasteiger partial charge in [0.2, 0.25) is 0 Å². The zero-order valence-corrected chi connectivity index (χ0v) is 11.9. The smallest absolute Gasteiger partial charge is 0.0197 e. The van der Waals surface area contributed by atoms with Crippen molar-refractivity contribution in [2.24, 2.45) is 17.8 Å². The molecule has 0 bridgehead atoms. The molecule has 2 heteroatoms. The number of nitrogens with one attached hydrogen (secondary N) is 1. The van der Waals surface area contributed by atoms with Crippen molar-refractivity contribution in [1.29, 1.82) is 0 Å². The van der Waals surface area contributed by atoms with Crippen molar-refractivity contribution in [2.45, 2.75) is 52.5 Å². The van der Waals surface area contributed by atoms with Crippen LogP contribution in [0.3, 0.4) is 0 Å². The van der Waals surface area contributed by atoms with Gasteiger partial charge in [0.25, 0.3) is 0 Å². The van der Waals surface area contributed by atoms with Gasteiger partial charge in [0.15, 0.2) is 0 Å². The molecule has 0 saturated carbocycles. The minimum atomic E-state index is 0.756. The molecular formula is C15H30N2. The zero-order chi connectivity index (χ0) is 12.3. The number of rotatable bonds is 3. The molecule has 4 atom stereocenters. The van der Waals surface area contributed by atoms with Crippen LogP contribution < -0.4 is 5.32 Å². The zero-order valence-electron chi connectivity index (χ0n) is 11.9. The lowest BCUT2D eigenvalue weighted by Gasteiger charge is -2.39. The predicted octanol–water partition coefficient (Wildman–Crippen LogP) is 2.74. The Kier molecular flexibility index (Phi) is 4.87. The molecule has 0 radical (unpaired) electrons. The van der Waals surface area contributed by atoms with Crippen LogP contribution in [0.25, 0.3) is 0 Å². The summed E-state index contributed by atoms with van der Waals surface area (Å²) in [6.07, 6.45) is 5.58. The van der Waals surface area contributed by atoms with E-state index in [9.17, 15) is 0 Å². The van der Waals surface area contributed by atoms with E-state index in [-0.39, 0.29) is 0 Å². The first-order valence-electron chi connectivity index (χ1n) is 7.63. The molecule has 17 heavy (non-hydrogen) atoms. The Bertz CT molecular complexity index is 219. The number of hydrogen-bond donors (Lipinski definition) is 1. The Morgan fingerprint density at radius 3 is 2.47 bits per heavy atom. The maximum Gasteiger partial charge on any atom is 0.0197 e. The Balaban J connectivity index is 1.79. The fourth-order valence-corrected chi connectivity index (χ4v) is 3.86. The highest BCUT2D eigenvalue weighted by Gasteiger charge is 2.26. The molecule has 0 aromatic heterocycles. The van der Waals surface area contributed by atoms with Crippen molar-refractivity contribution in [3.05, 3.63) is 0 Å². The lowest BCUT2D eigenvalue weighted by Crippen LogP contribution is -2.49. The van der Waals surface area contributed by atoms with E-state index >= 15 is 0 Å². The number of hydrogen-bond acceptors (Lipinski definition) is 2. The molecule has 0 aromatic carbocycles. The van der Waals surface area contributed by atoms with Crippen LogP contribution in [-0.4, -0.2) is 37.1 Å². The van der Waals surface area contributed by atoms with Gasteiger partial charge >= 0.3 is 0 Å². The fraction of sp³-hybridized carbons (Fsp3) is 1.00. The maximum atomic E-state index is 3.72. The fourth-order valence-electron chi connectivity index (χ4n) is 3.86. The van der Waals surface area contributed by atoms with E-state index in [1.807, 2.05) is 0 Å². The lowest BCUT2D eigenvalue weighted by molar-refractivity contribution is 0.116. The number of likely N-dealkylation sites (tertiary alicyclic amines) is 1. The van der Waals surface area contributed by atoms with Crippen molar-refractivity contribution >= 4 is 0 Å². The highest BCUT2D eigenvalue weighted by atomic mass is 15.2. The largest absolute Gasteiger partial charge is 0.313 e. The van der Waals surface area contributed by atoms with Gasteiger partial charge in [0.1, 0.15) is 0 Å². The molecule has 2 fully saturated rings. The first-order chi connectivity index (χ1) is 8.17. The van der Waals surface area contributed by atoms with Gasteiger partial charge in [-0.05, 0) is 43.6 Å². The van der Waals surface area contributed by atoms with Crippen molar-refractivity contribution in [2.75, 3.05) is 26.2 Å². The lowest BCUT2D eigenvalue weighted by atomic mass is 9.88. The van der Waals surface area contributed by atoms with E-state index < -0.39 is 0 Å². The van der Waals surface area contributed by atoms with Gasteiger partial charge in [-0.1, -0.05) is 27.2 Å². The minimum absolute atomic E-state index is 0.756. The van der Waals surface area contributed by atoms with Gasteiger partial charge in [-0.15, -0.1) is 0 Å². The second-order valence-corrected chi connectivity index (χ2v) is 6.61. The molecule has 1 N–H and O–H groups in total. The summed E-state index contributed by atoms with van der Waals surface area (Å²) < 4.78 is 0. The Hall–Kier alpha value is -0.0800. The van der Waals surface area contributed by atoms with Crippen molar-refractivity contribution in [1.82, 2.24) is 10.2 Å². The molecule has 0 spiro atoms. The van der Waals surface area contributed by atoms with E-state index in [1.54, 1.807) is 0 Å². The van der Waals surface area contributed by atoms with E-state index in [4.69, 9.17) is 0 Å². The quantitative estimate of drug-likeness (QED) is 0.813. The number of piperidine rings is 2. The highest BCUT2D eigenvalue weighted by Crippen LogP contribution is 2.24. The third-order valence-electron chi connectivity index (χ3n) is 4.60. The topological polar surface area (TPSA) is 15.3 Å². The summed E-state index contributed by atoms with van der Waals surface area (Å²) in [7, 11) is 0. The minimum Gasteiger partial charge on any atom is -0.313 e. The molecule has 4 unspecified atom stereocenters. The summed E-state index contributed by atoms with van der Waals surface area (Å²) in [5.74, 6) is 2.76. The molecule has 2 aliphatic rings. The van der Waals surface area contributed by atoms with Gasteiger partial charge in [0.05, 0.1) is 0 Å². The molecule has 2 saturated heterocycles. The highest BCUT2D eigenvalue weighted by molar-refractivity contribution is 4.83. The Morgan fingerprint density at radius 1 is 1.12 bits per heavy atom. The normalized spacial score (nSPS) is 40.4. The van der Waals surface area contributed by atoms with Crippen LogP contribution in [0.5, 0.6) is 0 Å². The second-order valence-electron chi connectivity index (χ2n) is 6.61. The molecule has 2 heterocycles. The van der Waals surface area contributed by atoms with Crippen LogP contribution in [0.1, 0.15) is 46.5 Å². The summed E-state index contributed by atoms with van der Waals surface area (Å²) in [5, 5.41) is 3.72. The van der Waals surface area contributed by atoms with Gasteiger partial charge in [-0.3, -0.25) is 0 Å². The van der Waals surface area contributed by atoms with Crippen LogP contribution in [0.15, 0.2) is 0 Å². The predicted molar refractivity (Wildman–Crippen MR) is 74.2 cm³/mol. The van der Waals surface area contributed by atoms with Crippen LogP contribution in [0, 0.1) is 17.8 Å². The monoisotopic (exact) mass is 238 g/mol. The standard InChI is InChI=1S/C15H30N2/c1-4-14-5-6-16-15(8-14)11-17-9-12(2)7-13(3)10-17/h12-16H,4-11H2,1-3H3. The van der Waals surface area contributed by atoms with Crippen LogP contribution in [0.2, 0.25) is 0 Å². The Morgan fingerprint density at radius 2 is 1.82 bits per heavy atom. The second kappa shape index (κ2) is 6.19. The first-order valence-corrected chi connectivity index (χ1v) is 7.63. The summed E-state index contributed by atoms with van der Waals surface area (Å²) in [6, 6.07) is 0.756. The molecule has 2 rings (SSSR count). The molecule has 2 nitrogen and oxygen atoms in total. The average Bonchev–Trinajstić information content (AvgIpc) is 2.28. The van der Waals surface area contributed by atoms with Gasteiger partial charge in [-0.2, -0.15) is 0 Å².